The lowest BCUT2D eigenvalue weighted by Gasteiger charge is -2.11. The lowest BCUT2D eigenvalue weighted by Crippen LogP contribution is -2.04. The van der Waals surface area contributed by atoms with Gasteiger partial charge in [-0.3, -0.25) is 0 Å². The van der Waals surface area contributed by atoms with Crippen molar-refractivity contribution in [3.05, 3.63) is 58.6 Å². The fourth-order valence-corrected chi connectivity index (χ4v) is 1.74. The smallest absolute Gasteiger partial charge is 0.416 e. The second-order valence-electron chi connectivity index (χ2n) is 3.88. The molecule has 6 heteroatoms. The second-order valence-corrected chi connectivity index (χ2v) is 4.29. The third-order valence-electron chi connectivity index (χ3n) is 2.45. The molecule has 0 N–H and O–H groups in total. The van der Waals surface area contributed by atoms with Gasteiger partial charge in [-0.1, -0.05) is 17.7 Å². The van der Waals surface area contributed by atoms with Crippen molar-refractivity contribution in [2.45, 2.75) is 6.18 Å². The van der Waals surface area contributed by atoms with Crippen LogP contribution in [0.1, 0.15) is 11.1 Å². The van der Waals surface area contributed by atoms with E-state index in [9.17, 15) is 13.2 Å². The summed E-state index contributed by atoms with van der Waals surface area (Å²) in [6.45, 7) is 0. The Hall–Kier alpha value is -2.19. The summed E-state index contributed by atoms with van der Waals surface area (Å²) in [6, 6.07) is 11.0. The van der Waals surface area contributed by atoms with Gasteiger partial charge in [0.25, 0.3) is 0 Å². The van der Waals surface area contributed by atoms with E-state index in [2.05, 4.69) is 0 Å². The molecule has 20 heavy (non-hydrogen) atoms. The van der Waals surface area contributed by atoms with Crippen LogP contribution in [0.5, 0.6) is 11.5 Å². The van der Waals surface area contributed by atoms with Gasteiger partial charge >= 0.3 is 6.18 Å². The SMILES string of the molecule is N#Cc1cccc(Oc2ccc(C(F)(F)F)cc2Cl)c1. The van der Waals surface area contributed by atoms with Gasteiger partial charge in [0.15, 0.2) is 0 Å². The van der Waals surface area contributed by atoms with Crippen LogP contribution in [-0.2, 0) is 6.18 Å². The van der Waals surface area contributed by atoms with E-state index in [0.29, 0.717) is 11.3 Å². The lowest BCUT2D eigenvalue weighted by molar-refractivity contribution is -0.137. The second kappa shape index (κ2) is 5.43. The Morgan fingerprint density at radius 1 is 1.10 bits per heavy atom. The van der Waals surface area contributed by atoms with Gasteiger partial charge in [-0.15, -0.1) is 0 Å². The summed E-state index contributed by atoms with van der Waals surface area (Å²) in [5.74, 6) is 0.417. The van der Waals surface area contributed by atoms with Gasteiger partial charge in [-0.25, -0.2) is 0 Å². The first-order valence-electron chi connectivity index (χ1n) is 5.45. The molecule has 0 heterocycles. The summed E-state index contributed by atoms with van der Waals surface area (Å²) in [5.41, 5.74) is -0.467. The Kier molecular flexibility index (Phi) is 3.86. The van der Waals surface area contributed by atoms with Gasteiger partial charge in [0, 0.05) is 0 Å². The first-order chi connectivity index (χ1) is 9.40. The number of hydrogen-bond acceptors (Lipinski definition) is 2. The van der Waals surface area contributed by atoms with Crippen LogP contribution in [0.25, 0.3) is 0 Å². The first kappa shape index (κ1) is 14.2. The normalized spacial score (nSPS) is 10.9. The predicted molar refractivity (Wildman–Crippen MR) is 67.7 cm³/mol. The molecular weight excluding hydrogens is 291 g/mol. The molecule has 0 saturated carbocycles. The number of nitrogens with zero attached hydrogens (tertiary/aromatic N) is 1. The van der Waals surface area contributed by atoms with Crippen LogP contribution in [0, 0.1) is 11.3 Å². The molecule has 2 nitrogen and oxygen atoms in total. The van der Waals surface area contributed by atoms with Crippen molar-refractivity contribution in [3.8, 4) is 17.6 Å². The van der Waals surface area contributed by atoms with E-state index in [1.807, 2.05) is 6.07 Å². The predicted octanol–water partition coefficient (Wildman–Crippen LogP) is 5.02. The van der Waals surface area contributed by atoms with Crippen LogP contribution in [0.15, 0.2) is 42.5 Å². The topological polar surface area (TPSA) is 33.0 Å². The van der Waals surface area contributed by atoms with Gasteiger partial charge in [0.2, 0.25) is 0 Å². The Labute approximate surface area is 118 Å². The number of hydrogen-bond donors (Lipinski definition) is 0. The van der Waals surface area contributed by atoms with Crippen molar-refractivity contribution >= 4 is 11.6 Å². The summed E-state index contributed by atoms with van der Waals surface area (Å²) < 4.78 is 42.8. The Morgan fingerprint density at radius 2 is 1.85 bits per heavy atom. The first-order valence-corrected chi connectivity index (χ1v) is 5.83. The zero-order chi connectivity index (χ0) is 14.8. The monoisotopic (exact) mass is 297 g/mol. The molecule has 0 unspecified atom stereocenters. The molecule has 0 spiro atoms. The maximum Gasteiger partial charge on any atom is 0.416 e. The summed E-state index contributed by atoms with van der Waals surface area (Å²) in [5, 5.41) is 8.60. The van der Waals surface area contributed by atoms with Crippen LogP contribution in [-0.4, -0.2) is 0 Å². The average Bonchev–Trinajstić information content (AvgIpc) is 2.40. The minimum atomic E-state index is -4.46. The Balaban J connectivity index is 2.28. The third kappa shape index (κ3) is 3.22. The fraction of sp³-hybridized carbons (Fsp3) is 0.0714. The van der Waals surface area contributed by atoms with E-state index >= 15 is 0 Å². The lowest BCUT2D eigenvalue weighted by atomic mass is 10.2. The number of nitriles is 1. The third-order valence-corrected chi connectivity index (χ3v) is 2.75. The Morgan fingerprint density at radius 3 is 2.45 bits per heavy atom. The number of benzene rings is 2. The molecule has 102 valence electrons. The fourth-order valence-electron chi connectivity index (χ4n) is 1.52. The molecule has 0 bridgehead atoms. The van der Waals surface area contributed by atoms with E-state index in [0.717, 1.165) is 18.2 Å². The maximum absolute atomic E-state index is 12.5. The highest BCUT2D eigenvalue weighted by Gasteiger charge is 2.31. The summed E-state index contributed by atoms with van der Waals surface area (Å²) in [7, 11) is 0. The van der Waals surface area contributed by atoms with Crippen molar-refractivity contribution in [2.75, 3.05) is 0 Å². The minimum absolute atomic E-state index is 0.0924. The van der Waals surface area contributed by atoms with E-state index in [1.54, 1.807) is 18.2 Å². The van der Waals surface area contributed by atoms with E-state index in [4.69, 9.17) is 21.6 Å². The molecular formula is C14H7ClF3NO. The molecule has 0 aliphatic heterocycles. The average molecular weight is 298 g/mol. The largest absolute Gasteiger partial charge is 0.456 e. The van der Waals surface area contributed by atoms with Crippen molar-refractivity contribution in [1.82, 2.24) is 0 Å². The zero-order valence-corrected chi connectivity index (χ0v) is 10.7. The summed E-state index contributed by atoms with van der Waals surface area (Å²) in [6.07, 6.45) is -4.46. The van der Waals surface area contributed by atoms with Crippen LogP contribution in [0.2, 0.25) is 5.02 Å². The highest BCUT2D eigenvalue weighted by molar-refractivity contribution is 6.32. The molecule has 0 amide bonds. The summed E-state index contributed by atoms with van der Waals surface area (Å²) >= 11 is 5.77. The molecule has 2 aromatic carbocycles. The molecule has 0 atom stereocenters. The van der Waals surface area contributed by atoms with Crippen LogP contribution < -0.4 is 4.74 Å². The molecule has 0 aromatic heterocycles. The Bertz CT molecular complexity index is 677. The molecule has 0 saturated heterocycles. The van der Waals surface area contributed by atoms with Gasteiger partial charge in [-0.2, -0.15) is 18.4 Å². The quantitative estimate of drug-likeness (QED) is 0.779. The standard InChI is InChI=1S/C14H7ClF3NO/c15-12-7-10(14(16,17)18)4-5-13(12)20-11-3-1-2-9(6-11)8-19/h1-7H. The van der Waals surface area contributed by atoms with Crippen LogP contribution in [0.3, 0.4) is 0 Å². The minimum Gasteiger partial charge on any atom is -0.456 e. The van der Waals surface area contributed by atoms with Crippen molar-refractivity contribution < 1.29 is 17.9 Å². The highest BCUT2D eigenvalue weighted by Crippen LogP contribution is 2.36. The van der Waals surface area contributed by atoms with E-state index in [-0.39, 0.29) is 10.8 Å². The van der Waals surface area contributed by atoms with Gasteiger partial charge in [-0.05, 0) is 36.4 Å². The van der Waals surface area contributed by atoms with Crippen LogP contribution in [0.4, 0.5) is 13.2 Å². The zero-order valence-electron chi connectivity index (χ0n) is 9.91. The summed E-state index contributed by atoms with van der Waals surface area (Å²) in [4.78, 5) is 0. The molecule has 0 aliphatic rings. The molecule has 0 fully saturated rings. The molecule has 0 radical (unpaired) electrons. The molecule has 2 rings (SSSR count). The van der Waals surface area contributed by atoms with Gasteiger partial charge in [0.1, 0.15) is 11.5 Å². The van der Waals surface area contributed by atoms with Crippen molar-refractivity contribution in [1.29, 1.82) is 5.26 Å². The van der Waals surface area contributed by atoms with E-state index < -0.39 is 11.7 Å². The number of halogens is 4. The van der Waals surface area contributed by atoms with Gasteiger partial charge < -0.3 is 4.74 Å². The van der Waals surface area contributed by atoms with E-state index in [1.165, 1.54) is 6.07 Å². The van der Waals surface area contributed by atoms with Crippen molar-refractivity contribution in [3.63, 3.8) is 0 Å². The van der Waals surface area contributed by atoms with Crippen molar-refractivity contribution in [2.24, 2.45) is 0 Å². The number of rotatable bonds is 2. The number of ether oxygens (including phenoxy) is 1. The number of alkyl halides is 3. The maximum atomic E-state index is 12.5. The van der Waals surface area contributed by atoms with Gasteiger partial charge in [0.05, 0.1) is 22.2 Å². The highest BCUT2D eigenvalue weighted by atomic mass is 35.5. The molecule has 0 aliphatic carbocycles. The van der Waals surface area contributed by atoms with Crippen LogP contribution >= 0.6 is 11.6 Å². The molecule has 2 aromatic rings.